The zero-order valence-electron chi connectivity index (χ0n) is 12.0. The number of hydrogen-bond donors (Lipinski definition) is 1. The van der Waals surface area contributed by atoms with Crippen molar-refractivity contribution < 1.29 is 9.47 Å². The first-order chi connectivity index (χ1) is 10.2. The molecule has 4 rings (SSSR count). The van der Waals surface area contributed by atoms with Gasteiger partial charge in [-0.3, -0.25) is 0 Å². The number of pyridine rings is 1. The third-order valence-corrected chi connectivity index (χ3v) is 3.68. The Morgan fingerprint density at radius 3 is 2.68 bits per heavy atom. The topological polar surface area (TPSA) is 57.4 Å². The molecule has 0 amide bonds. The Morgan fingerprint density at radius 2 is 1.82 bits per heavy atom. The fourth-order valence-corrected chi connectivity index (χ4v) is 2.61. The number of nitrogens with two attached hydrogens (primary N) is 1. The molecular weight excluding hydrogens is 300 g/mol. The highest BCUT2D eigenvalue weighted by atomic mass is 35.5. The Balaban J connectivity index is 0.00000144. The highest BCUT2D eigenvalue weighted by molar-refractivity contribution is 5.94. The molecule has 3 aromatic rings. The van der Waals surface area contributed by atoms with Gasteiger partial charge in [0.25, 0.3) is 0 Å². The summed E-state index contributed by atoms with van der Waals surface area (Å²) in [6, 6.07) is 14.0. The molecule has 1 aromatic heterocycles. The summed E-state index contributed by atoms with van der Waals surface area (Å²) in [4.78, 5) is 4.51. The fourth-order valence-electron chi connectivity index (χ4n) is 2.61. The van der Waals surface area contributed by atoms with Crippen molar-refractivity contribution >= 4 is 29.0 Å². The van der Waals surface area contributed by atoms with Crippen molar-refractivity contribution in [3.63, 3.8) is 0 Å². The van der Waals surface area contributed by atoms with Crippen LogP contribution in [0.25, 0.3) is 22.0 Å². The molecular formula is C17H15ClN2O2. The van der Waals surface area contributed by atoms with E-state index in [1.54, 1.807) is 0 Å². The monoisotopic (exact) mass is 314 g/mol. The standard InChI is InChI=1S/C17H14N2O2.ClH/c1-10-2-4-13-12(6-10)7-14(19-17(13)18)11-3-5-15-16(8-11)21-9-20-15;/h2-8H,9H2,1H3,(H2,18,19);1H. The first-order valence-electron chi connectivity index (χ1n) is 6.77. The van der Waals surface area contributed by atoms with E-state index < -0.39 is 0 Å². The van der Waals surface area contributed by atoms with Crippen LogP contribution in [0.2, 0.25) is 0 Å². The summed E-state index contributed by atoms with van der Waals surface area (Å²) in [6.45, 7) is 2.33. The van der Waals surface area contributed by atoms with E-state index in [4.69, 9.17) is 15.2 Å². The van der Waals surface area contributed by atoms with E-state index in [0.717, 1.165) is 33.5 Å². The van der Waals surface area contributed by atoms with Crippen LogP contribution in [0.1, 0.15) is 5.56 Å². The second-order valence-corrected chi connectivity index (χ2v) is 5.19. The molecule has 112 valence electrons. The number of ether oxygens (including phenoxy) is 2. The van der Waals surface area contributed by atoms with Crippen LogP contribution >= 0.6 is 12.4 Å². The van der Waals surface area contributed by atoms with Crippen molar-refractivity contribution in [3.05, 3.63) is 48.0 Å². The van der Waals surface area contributed by atoms with Crippen molar-refractivity contribution in [1.29, 1.82) is 0 Å². The second-order valence-electron chi connectivity index (χ2n) is 5.19. The maximum atomic E-state index is 6.09. The average molecular weight is 315 g/mol. The second kappa shape index (κ2) is 5.39. The summed E-state index contributed by atoms with van der Waals surface area (Å²) in [5, 5.41) is 2.07. The highest BCUT2D eigenvalue weighted by Gasteiger charge is 2.15. The highest BCUT2D eigenvalue weighted by Crippen LogP contribution is 2.36. The lowest BCUT2D eigenvalue weighted by Gasteiger charge is -2.08. The van der Waals surface area contributed by atoms with Gasteiger partial charge in [0.05, 0.1) is 5.69 Å². The van der Waals surface area contributed by atoms with Crippen LogP contribution in [0.3, 0.4) is 0 Å². The van der Waals surface area contributed by atoms with Gasteiger partial charge in [-0.2, -0.15) is 0 Å². The lowest BCUT2D eigenvalue weighted by Crippen LogP contribution is -1.95. The van der Waals surface area contributed by atoms with Gasteiger partial charge in [0.15, 0.2) is 11.5 Å². The number of aromatic nitrogens is 1. The molecule has 0 spiro atoms. The molecule has 0 atom stereocenters. The van der Waals surface area contributed by atoms with Crippen molar-refractivity contribution in [2.75, 3.05) is 12.5 Å². The predicted octanol–water partition coefficient (Wildman–Crippen LogP) is 3.94. The van der Waals surface area contributed by atoms with E-state index in [1.807, 2.05) is 30.3 Å². The van der Waals surface area contributed by atoms with Crippen molar-refractivity contribution in [3.8, 4) is 22.8 Å². The SMILES string of the molecule is Cc1ccc2c(N)nc(-c3ccc4c(c3)OCO4)cc2c1.Cl. The van der Waals surface area contributed by atoms with Gasteiger partial charge in [-0.1, -0.05) is 23.8 Å². The summed E-state index contributed by atoms with van der Waals surface area (Å²) >= 11 is 0. The van der Waals surface area contributed by atoms with Crippen LogP contribution in [0.4, 0.5) is 5.82 Å². The Hall–Kier alpha value is -2.46. The lowest BCUT2D eigenvalue weighted by atomic mass is 10.0. The number of fused-ring (bicyclic) bond motifs is 2. The molecule has 0 bridgehead atoms. The molecule has 1 aliphatic heterocycles. The molecule has 2 heterocycles. The summed E-state index contributed by atoms with van der Waals surface area (Å²) in [5.41, 5.74) is 9.09. The predicted molar refractivity (Wildman–Crippen MR) is 89.7 cm³/mol. The maximum Gasteiger partial charge on any atom is 0.231 e. The first kappa shape index (κ1) is 14.5. The molecule has 0 saturated carbocycles. The molecule has 0 unspecified atom stereocenters. The minimum absolute atomic E-state index is 0. The third-order valence-electron chi connectivity index (χ3n) is 3.68. The number of benzene rings is 2. The van der Waals surface area contributed by atoms with Gasteiger partial charge in [-0.05, 0) is 36.6 Å². The number of anilines is 1. The molecule has 22 heavy (non-hydrogen) atoms. The number of rotatable bonds is 1. The number of aryl methyl sites for hydroxylation is 1. The van der Waals surface area contributed by atoms with E-state index in [2.05, 4.69) is 24.0 Å². The van der Waals surface area contributed by atoms with Gasteiger partial charge in [-0.15, -0.1) is 12.4 Å². The van der Waals surface area contributed by atoms with Gasteiger partial charge >= 0.3 is 0 Å². The van der Waals surface area contributed by atoms with Gasteiger partial charge < -0.3 is 15.2 Å². The van der Waals surface area contributed by atoms with Gasteiger partial charge in [0, 0.05) is 10.9 Å². The van der Waals surface area contributed by atoms with Crippen molar-refractivity contribution in [2.45, 2.75) is 6.92 Å². The minimum atomic E-state index is 0. The number of nitrogens with zero attached hydrogens (tertiary/aromatic N) is 1. The zero-order valence-corrected chi connectivity index (χ0v) is 12.8. The molecule has 0 aliphatic carbocycles. The minimum Gasteiger partial charge on any atom is -0.454 e. The molecule has 1 aliphatic rings. The van der Waals surface area contributed by atoms with E-state index in [-0.39, 0.29) is 19.2 Å². The van der Waals surface area contributed by atoms with E-state index in [1.165, 1.54) is 5.56 Å². The molecule has 5 heteroatoms. The molecule has 2 aromatic carbocycles. The van der Waals surface area contributed by atoms with Crippen LogP contribution in [0.15, 0.2) is 42.5 Å². The van der Waals surface area contributed by atoms with Gasteiger partial charge in [0.1, 0.15) is 5.82 Å². The van der Waals surface area contributed by atoms with Crippen molar-refractivity contribution in [2.24, 2.45) is 0 Å². The summed E-state index contributed by atoms with van der Waals surface area (Å²) in [6.07, 6.45) is 0. The molecule has 4 nitrogen and oxygen atoms in total. The normalized spacial score (nSPS) is 12.2. The lowest BCUT2D eigenvalue weighted by molar-refractivity contribution is 0.174. The van der Waals surface area contributed by atoms with Crippen molar-refractivity contribution in [1.82, 2.24) is 4.98 Å². The molecule has 2 N–H and O–H groups in total. The third kappa shape index (κ3) is 2.31. The van der Waals surface area contributed by atoms with Crippen LogP contribution in [0.5, 0.6) is 11.5 Å². The number of hydrogen-bond acceptors (Lipinski definition) is 4. The summed E-state index contributed by atoms with van der Waals surface area (Å²) in [5.74, 6) is 2.06. The largest absolute Gasteiger partial charge is 0.454 e. The summed E-state index contributed by atoms with van der Waals surface area (Å²) in [7, 11) is 0. The number of halogens is 1. The summed E-state index contributed by atoms with van der Waals surface area (Å²) < 4.78 is 10.7. The van der Waals surface area contributed by atoms with Gasteiger partial charge in [-0.25, -0.2) is 4.98 Å². The molecule has 0 fully saturated rings. The zero-order chi connectivity index (χ0) is 14.4. The Bertz CT molecular complexity index is 865. The van der Waals surface area contributed by atoms with Crippen LogP contribution in [0, 0.1) is 6.92 Å². The van der Waals surface area contributed by atoms with Gasteiger partial charge in [0.2, 0.25) is 6.79 Å². The van der Waals surface area contributed by atoms with Crippen LogP contribution in [-0.4, -0.2) is 11.8 Å². The fraction of sp³-hybridized carbons (Fsp3) is 0.118. The Kier molecular flexibility index (Phi) is 3.54. The smallest absolute Gasteiger partial charge is 0.231 e. The maximum absolute atomic E-state index is 6.09. The van der Waals surface area contributed by atoms with Crippen LogP contribution in [-0.2, 0) is 0 Å². The Morgan fingerprint density at radius 1 is 1.00 bits per heavy atom. The van der Waals surface area contributed by atoms with E-state index >= 15 is 0 Å². The van der Waals surface area contributed by atoms with Crippen LogP contribution < -0.4 is 15.2 Å². The van der Waals surface area contributed by atoms with E-state index in [9.17, 15) is 0 Å². The first-order valence-corrected chi connectivity index (χ1v) is 6.77. The van der Waals surface area contributed by atoms with E-state index in [0.29, 0.717) is 5.82 Å². The quantitative estimate of drug-likeness (QED) is 0.739. The number of nitrogen functional groups attached to an aromatic ring is 1. The Labute approximate surface area is 134 Å². The molecule has 0 saturated heterocycles. The molecule has 0 radical (unpaired) electrons. The average Bonchev–Trinajstić information content (AvgIpc) is 2.94.